The Morgan fingerprint density at radius 2 is 1.73 bits per heavy atom. The van der Waals surface area contributed by atoms with Gasteiger partial charge in [-0.3, -0.25) is 9.69 Å². The molecule has 196 valence electrons. The number of benzene rings is 2. The second-order valence-corrected chi connectivity index (χ2v) is 10.2. The molecule has 2 heterocycles. The lowest BCUT2D eigenvalue weighted by Crippen LogP contribution is -2.50. The highest BCUT2D eigenvalue weighted by Gasteiger charge is 2.20. The van der Waals surface area contributed by atoms with Crippen molar-refractivity contribution in [2.75, 3.05) is 37.7 Å². The number of carboxylic acids is 1. The number of carboxylic acid groups (broad SMARTS) is 1. The summed E-state index contributed by atoms with van der Waals surface area (Å²) in [5.74, 6) is -0.602. The minimum absolute atomic E-state index is 0.0565. The van der Waals surface area contributed by atoms with E-state index in [1.165, 1.54) is 16.8 Å². The zero-order chi connectivity index (χ0) is 26.5. The zero-order valence-corrected chi connectivity index (χ0v) is 22.2. The molecule has 0 saturated carbocycles. The van der Waals surface area contributed by atoms with Crippen molar-refractivity contribution in [3.63, 3.8) is 0 Å². The minimum atomic E-state index is -0.960. The molecule has 1 aromatic heterocycles. The largest absolute Gasteiger partial charge is 0.478 e. The average molecular weight is 504 g/mol. The van der Waals surface area contributed by atoms with Crippen LogP contribution in [0.4, 0.5) is 5.69 Å². The number of carbonyl (C=O) groups is 2. The number of nitrogens with zero attached hydrogens (tertiary/aromatic N) is 4. The molecule has 0 spiro atoms. The molecule has 0 aliphatic carbocycles. The zero-order valence-electron chi connectivity index (χ0n) is 22.2. The summed E-state index contributed by atoms with van der Waals surface area (Å²) in [6, 6.07) is 15.1. The second-order valence-electron chi connectivity index (χ2n) is 10.2. The molecule has 1 fully saturated rings. The van der Waals surface area contributed by atoms with Gasteiger partial charge in [0.1, 0.15) is 0 Å². The van der Waals surface area contributed by atoms with Crippen LogP contribution >= 0.6 is 0 Å². The predicted molar refractivity (Wildman–Crippen MR) is 145 cm³/mol. The van der Waals surface area contributed by atoms with Gasteiger partial charge in [0, 0.05) is 37.6 Å². The molecule has 1 amide bonds. The summed E-state index contributed by atoms with van der Waals surface area (Å²) in [6.07, 6.45) is 1.01. The molecule has 1 aliphatic heterocycles. The van der Waals surface area contributed by atoms with Crippen molar-refractivity contribution in [3.05, 3.63) is 76.6 Å². The van der Waals surface area contributed by atoms with Gasteiger partial charge >= 0.3 is 5.97 Å². The van der Waals surface area contributed by atoms with E-state index in [9.17, 15) is 14.7 Å². The quantitative estimate of drug-likeness (QED) is 0.461. The lowest BCUT2D eigenvalue weighted by molar-refractivity contribution is -0.121. The van der Waals surface area contributed by atoms with Crippen molar-refractivity contribution >= 4 is 17.6 Å². The predicted octanol–water partition coefficient (Wildman–Crippen LogP) is 3.82. The minimum Gasteiger partial charge on any atom is -0.478 e. The van der Waals surface area contributed by atoms with Crippen LogP contribution in [0.3, 0.4) is 0 Å². The highest BCUT2D eigenvalue weighted by molar-refractivity contribution is 5.87. The first-order valence-electron chi connectivity index (χ1n) is 12.9. The maximum absolute atomic E-state index is 12.8. The maximum atomic E-state index is 12.8. The van der Waals surface area contributed by atoms with Gasteiger partial charge in [-0.2, -0.15) is 5.10 Å². The summed E-state index contributed by atoms with van der Waals surface area (Å²) >= 11 is 0. The first-order chi connectivity index (χ1) is 17.7. The van der Waals surface area contributed by atoms with Crippen LogP contribution in [0.2, 0.25) is 0 Å². The van der Waals surface area contributed by atoms with Crippen LogP contribution < -0.4 is 10.2 Å². The van der Waals surface area contributed by atoms with E-state index in [-0.39, 0.29) is 17.9 Å². The topological polar surface area (TPSA) is 90.7 Å². The molecule has 0 unspecified atom stereocenters. The molecule has 1 aliphatic rings. The summed E-state index contributed by atoms with van der Waals surface area (Å²) in [7, 11) is 0. The van der Waals surface area contributed by atoms with Gasteiger partial charge in [-0.05, 0) is 73.7 Å². The summed E-state index contributed by atoms with van der Waals surface area (Å²) in [5, 5.41) is 16.9. The molecule has 4 rings (SSSR count). The maximum Gasteiger partial charge on any atom is 0.335 e. The fraction of sp³-hybridized carbons (Fsp3) is 0.414. The third-order valence-corrected chi connectivity index (χ3v) is 6.94. The van der Waals surface area contributed by atoms with Crippen molar-refractivity contribution in [2.45, 2.75) is 40.5 Å². The SMILES string of the molecule is Cc1cccc(N2CCN(CNC(=O)Cc3cc(CC(C)C)n(-c4ccc(C(=O)O)cc4)n3)CC2)c1C. The van der Waals surface area contributed by atoms with Gasteiger partial charge in [0.25, 0.3) is 0 Å². The van der Waals surface area contributed by atoms with E-state index in [2.05, 4.69) is 66.1 Å². The van der Waals surface area contributed by atoms with Gasteiger partial charge < -0.3 is 15.3 Å². The number of aromatic nitrogens is 2. The molecule has 0 bridgehead atoms. The van der Waals surface area contributed by atoms with Crippen LogP contribution in [-0.4, -0.2) is 64.5 Å². The van der Waals surface area contributed by atoms with Gasteiger partial charge in [0.05, 0.1) is 30.0 Å². The lowest BCUT2D eigenvalue weighted by atomic mass is 10.1. The van der Waals surface area contributed by atoms with E-state index in [1.807, 2.05) is 10.7 Å². The number of nitrogens with one attached hydrogen (secondary N) is 1. The van der Waals surface area contributed by atoms with Crippen molar-refractivity contribution < 1.29 is 14.7 Å². The van der Waals surface area contributed by atoms with Crippen molar-refractivity contribution in [2.24, 2.45) is 5.92 Å². The van der Waals surface area contributed by atoms with Crippen LogP contribution in [0.5, 0.6) is 0 Å². The fourth-order valence-corrected chi connectivity index (χ4v) is 4.75. The van der Waals surface area contributed by atoms with Crippen LogP contribution in [0.1, 0.15) is 46.7 Å². The molecular weight excluding hydrogens is 466 g/mol. The summed E-state index contributed by atoms with van der Waals surface area (Å²) in [5.41, 5.74) is 6.67. The number of aryl methyl sites for hydroxylation is 1. The Kier molecular flexibility index (Phi) is 8.28. The monoisotopic (exact) mass is 503 g/mol. The summed E-state index contributed by atoms with van der Waals surface area (Å²) < 4.78 is 1.82. The molecule has 1 saturated heterocycles. The average Bonchev–Trinajstić information content (AvgIpc) is 3.26. The van der Waals surface area contributed by atoms with Gasteiger partial charge in [-0.25, -0.2) is 9.48 Å². The number of amides is 1. The van der Waals surface area contributed by atoms with Crippen LogP contribution in [0.15, 0.2) is 48.5 Å². The van der Waals surface area contributed by atoms with Crippen molar-refractivity contribution in [1.29, 1.82) is 0 Å². The molecule has 2 N–H and O–H groups in total. The van der Waals surface area contributed by atoms with Gasteiger partial charge in [-0.1, -0.05) is 26.0 Å². The molecule has 2 aromatic carbocycles. The van der Waals surface area contributed by atoms with E-state index in [0.717, 1.165) is 44.0 Å². The third kappa shape index (κ3) is 6.57. The molecule has 8 heteroatoms. The summed E-state index contributed by atoms with van der Waals surface area (Å²) in [4.78, 5) is 28.6. The number of anilines is 1. The number of hydrogen-bond acceptors (Lipinski definition) is 5. The van der Waals surface area contributed by atoms with E-state index in [4.69, 9.17) is 0 Å². The molecule has 0 atom stereocenters. The number of carbonyl (C=O) groups excluding carboxylic acids is 1. The fourth-order valence-electron chi connectivity index (χ4n) is 4.75. The molecule has 0 radical (unpaired) electrons. The van der Waals surface area contributed by atoms with Crippen LogP contribution in [0, 0.1) is 19.8 Å². The Balaban J connectivity index is 1.33. The number of aromatic carboxylic acids is 1. The van der Waals surface area contributed by atoms with Crippen molar-refractivity contribution in [3.8, 4) is 5.69 Å². The van der Waals surface area contributed by atoms with Crippen LogP contribution in [-0.2, 0) is 17.6 Å². The van der Waals surface area contributed by atoms with E-state index >= 15 is 0 Å². The van der Waals surface area contributed by atoms with Crippen molar-refractivity contribution in [1.82, 2.24) is 20.0 Å². The molecule has 8 nitrogen and oxygen atoms in total. The Labute approximate surface area is 218 Å². The highest BCUT2D eigenvalue weighted by atomic mass is 16.4. The number of piperazine rings is 1. The first kappa shape index (κ1) is 26.4. The first-order valence-corrected chi connectivity index (χ1v) is 12.9. The number of hydrogen-bond donors (Lipinski definition) is 2. The standard InChI is InChI=1S/C29H37N5O3/c1-20(2)16-26-17-24(31-34(26)25-10-8-23(9-11-25)29(36)37)18-28(35)30-19-32-12-14-33(15-13-32)27-7-5-6-21(3)22(27)4/h5-11,17,20H,12-16,18-19H2,1-4H3,(H,30,35)(H,36,37). The van der Waals surface area contributed by atoms with Gasteiger partial charge in [0.2, 0.25) is 5.91 Å². The Bertz CT molecular complexity index is 1240. The molecule has 37 heavy (non-hydrogen) atoms. The second kappa shape index (κ2) is 11.6. The molecule has 3 aromatic rings. The van der Waals surface area contributed by atoms with E-state index in [1.54, 1.807) is 24.3 Å². The van der Waals surface area contributed by atoms with Gasteiger partial charge in [-0.15, -0.1) is 0 Å². The molecular formula is C29H37N5O3. The van der Waals surface area contributed by atoms with E-state index in [0.29, 0.717) is 18.3 Å². The smallest absolute Gasteiger partial charge is 0.335 e. The Hall–Kier alpha value is -3.65. The van der Waals surface area contributed by atoms with Gasteiger partial charge in [0.15, 0.2) is 0 Å². The normalized spacial score (nSPS) is 14.2. The Morgan fingerprint density at radius 1 is 1.03 bits per heavy atom. The Morgan fingerprint density at radius 3 is 2.38 bits per heavy atom. The number of rotatable bonds is 9. The third-order valence-electron chi connectivity index (χ3n) is 6.94. The van der Waals surface area contributed by atoms with E-state index < -0.39 is 5.97 Å². The summed E-state index contributed by atoms with van der Waals surface area (Å²) in [6.45, 7) is 12.8. The lowest BCUT2D eigenvalue weighted by Gasteiger charge is -2.37. The van der Waals surface area contributed by atoms with Crippen LogP contribution in [0.25, 0.3) is 5.69 Å². The highest BCUT2D eigenvalue weighted by Crippen LogP contribution is 2.24.